The summed E-state index contributed by atoms with van der Waals surface area (Å²) in [6.45, 7) is 11.7. The predicted octanol–water partition coefficient (Wildman–Crippen LogP) is 4.55. The van der Waals surface area contributed by atoms with Crippen molar-refractivity contribution >= 4 is 0 Å². The third kappa shape index (κ3) is 3.28. The molecule has 2 rings (SSSR count). The summed E-state index contributed by atoms with van der Waals surface area (Å²) in [4.78, 5) is 0. The first kappa shape index (κ1) is 18.0. The summed E-state index contributed by atoms with van der Waals surface area (Å²) >= 11 is 0. The van der Waals surface area contributed by atoms with Crippen LogP contribution >= 0.6 is 0 Å². The van der Waals surface area contributed by atoms with Crippen LogP contribution in [-0.2, 0) is 0 Å². The van der Waals surface area contributed by atoms with Gasteiger partial charge in [-0.05, 0) is 67.6 Å². The first-order valence-electron chi connectivity index (χ1n) is 9.14. The van der Waals surface area contributed by atoms with Gasteiger partial charge in [-0.25, -0.2) is 0 Å². The summed E-state index contributed by atoms with van der Waals surface area (Å²) in [5.74, 6) is 1.50. The molecule has 0 spiro atoms. The molecule has 1 fully saturated rings. The first-order valence-corrected chi connectivity index (χ1v) is 9.14. The van der Waals surface area contributed by atoms with E-state index in [0.29, 0.717) is 23.2 Å². The molecule has 128 valence electrons. The van der Waals surface area contributed by atoms with Crippen LogP contribution in [0.15, 0.2) is 12.2 Å². The molecule has 0 unspecified atom stereocenters. The fraction of sp³-hybridized carbons (Fsp3) is 0.900. The maximum Gasteiger partial charge on any atom is 0.0656 e. The summed E-state index contributed by atoms with van der Waals surface area (Å²) in [6.07, 6.45) is 11.0. The quantitative estimate of drug-likeness (QED) is 0.731. The molecule has 0 bridgehead atoms. The maximum atomic E-state index is 11.1. The molecule has 1 saturated carbocycles. The number of hydrogen-bond acceptors (Lipinski definition) is 2. The molecule has 5 atom stereocenters. The molecule has 2 N–H and O–H groups in total. The highest BCUT2D eigenvalue weighted by molar-refractivity contribution is 5.17. The number of aliphatic hydroxyl groups excluding tert-OH is 1. The molecule has 2 aliphatic carbocycles. The van der Waals surface area contributed by atoms with Gasteiger partial charge in [0.2, 0.25) is 0 Å². The van der Waals surface area contributed by atoms with Crippen molar-refractivity contribution in [2.45, 2.75) is 78.7 Å². The van der Waals surface area contributed by atoms with E-state index in [0.717, 1.165) is 38.5 Å². The Hall–Kier alpha value is -0.340. The number of fused-ring (bicyclic) bond motifs is 1. The lowest BCUT2D eigenvalue weighted by Crippen LogP contribution is -2.56. The van der Waals surface area contributed by atoms with E-state index in [1.165, 1.54) is 0 Å². The lowest BCUT2D eigenvalue weighted by Gasteiger charge is -2.59. The van der Waals surface area contributed by atoms with Gasteiger partial charge < -0.3 is 10.2 Å². The summed E-state index contributed by atoms with van der Waals surface area (Å²) in [5.41, 5.74) is -0.140. The van der Waals surface area contributed by atoms with Crippen LogP contribution in [0.25, 0.3) is 0 Å². The average Bonchev–Trinajstić information content (AvgIpc) is 2.36. The average molecular weight is 309 g/mol. The van der Waals surface area contributed by atoms with Gasteiger partial charge in [0.05, 0.1) is 5.60 Å². The van der Waals surface area contributed by atoms with Gasteiger partial charge in [0, 0.05) is 6.61 Å². The van der Waals surface area contributed by atoms with Gasteiger partial charge >= 0.3 is 0 Å². The van der Waals surface area contributed by atoms with Crippen molar-refractivity contribution < 1.29 is 10.2 Å². The van der Waals surface area contributed by atoms with Gasteiger partial charge in [-0.2, -0.15) is 0 Å². The zero-order valence-electron chi connectivity index (χ0n) is 15.2. The number of hydrogen-bond donors (Lipinski definition) is 2. The largest absolute Gasteiger partial charge is 0.396 e. The van der Waals surface area contributed by atoms with E-state index >= 15 is 0 Å². The van der Waals surface area contributed by atoms with Crippen molar-refractivity contribution in [3.05, 3.63) is 12.2 Å². The van der Waals surface area contributed by atoms with Crippen LogP contribution in [0.1, 0.15) is 73.1 Å². The summed E-state index contributed by atoms with van der Waals surface area (Å²) < 4.78 is 0. The van der Waals surface area contributed by atoms with Crippen LogP contribution in [0.5, 0.6) is 0 Å². The molecular formula is C20H36O2. The summed E-state index contributed by atoms with van der Waals surface area (Å²) in [6, 6.07) is 0. The van der Waals surface area contributed by atoms with E-state index in [2.05, 4.69) is 39.8 Å². The third-order valence-corrected chi connectivity index (χ3v) is 6.83. The van der Waals surface area contributed by atoms with Crippen molar-refractivity contribution in [2.75, 3.05) is 6.61 Å². The third-order valence-electron chi connectivity index (χ3n) is 6.83. The Morgan fingerprint density at radius 2 is 1.86 bits per heavy atom. The van der Waals surface area contributed by atoms with E-state index in [9.17, 15) is 5.11 Å². The Balaban J connectivity index is 2.23. The Morgan fingerprint density at radius 3 is 2.50 bits per heavy atom. The van der Waals surface area contributed by atoms with E-state index in [1.807, 2.05) is 6.92 Å². The molecule has 2 heteroatoms. The number of aliphatic hydroxyl groups is 2. The van der Waals surface area contributed by atoms with Crippen molar-refractivity contribution in [1.29, 1.82) is 0 Å². The molecule has 0 aliphatic heterocycles. The van der Waals surface area contributed by atoms with Crippen LogP contribution < -0.4 is 0 Å². The lowest BCUT2D eigenvalue weighted by atomic mass is 9.47. The van der Waals surface area contributed by atoms with Crippen LogP contribution in [0.2, 0.25) is 0 Å². The Morgan fingerprint density at radius 1 is 1.18 bits per heavy atom. The van der Waals surface area contributed by atoms with Crippen molar-refractivity contribution in [1.82, 2.24) is 0 Å². The van der Waals surface area contributed by atoms with Gasteiger partial charge in [-0.3, -0.25) is 0 Å². The molecular weight excluding hydrogens is 272 g/mol. The summed E-state index contributed by atoms with van der Waals surface area (Å²) in [5, 5.41) is 20.2. The summed E-state index contributed by atoms with van der Waals surface area (Å²) in [7, 11) is 0. The molecule has 0 aromatic heterocycles. The van der Waals surface area contributed by atoms with Gasteiger partial charge in [-0.15, -0.1) is 0 Å². The second kappa shape index (κ2) is 6.28. The monoisotopic (exact) mass is 308 g/mol. The highest BCUT2D eigenvalue weighted by Crippen LogP contribution is 2.60. The SMILES string of the molecule is C[C@H](CCO)CC[C@@H]1[C@@]2(C)C=CCC(C)(C)[C@@H]2CC[C@]1(C)O. The molecule has 0 radical (unpaired) electrons. The fourth-order valence-corrected chi connectivity index (χ4v) is 5.50. The first-order chi connectivity index (χ1) is 10.1. The molecule has 2 nitrogen and oxygen atoms in total. The number of allylic oxidation sites excluding steroid dienone is 2. The molecule has 2 aliphatic rings. The minimum absolute atomic E-state index is 0.0996. The lowest BCUT2D eigenvalue weighted by molar-refractivity contribution is -0.135. The van der Waals surface area contributed by atoms with Gasteiger partial charge in [-0.1, -0.05) is 46.3 Å². The van der Waals surface area contributed by atoms with Crippen LogP contribution in [0, 0.1) is 28.6 Å². The van der Waals surface area contributed by atoms with E-state index in [-0.39, 0.29) is 12.0 Å². The Bertz CT molecular complexity index is 410. The standard InChI is InChI=1S/C20H36O2/c1-15(10-14-21)7-8-17-19(4)12-6-11-18(2,3)16(19)9-13-20(17,5)22/h6,12,15-17,21-22H,7-11,13-14H2,1-5H3/t15-,16-,17+,19-,20-/m0/s1. The topological polar surface area (TPSA) is 40.5 Å². The van der Waals surface area contributed by atoms with Crippen LogP contribution in [0.4, 0.5) is 0 Å². The normalized spacial score (nSPS) is 42.0. The van der Waals surface area contributed by atoms with Crippen molar-refractivity contribution in [2.24, 2.45) is 28.6 Å². The molecule has 0 saturated heterocycles. The molecule has 22 heavy (non-hydrogen) atoms. The maximum absolute atomic E-state index is 11.1. The van der Waals surface area contributed by atoms with Crippen LogP contribution in [0.3, 0.4) is 0 Å². The fourth-order valence-electron chi connectivity index (χ4n) is 5.50. The molecule has 0 heterocycles. The van der Waals surface area contributed by atoms with Gasteiger partial charge in [0.1, 0.15) is 0 Å². The Kier molecular flexibility index (Phi) is 5.14. The van der Waals surface area contributed by atoms with E-state index < -0.39 is 5.60 Å². The minimum atomic E-state index is -0.568. The van der Waals surface area contributed by atoms with Crippen LogP contribution in [-0.4, -0.2) is 22.4 Å². The van der Waals surface area contributed by atoms with Gasteiger partial charge in [0.25, 0.3) is 0 Å². The van der Waals surface area contributed by atoms with Gasteiger partial charge in [0.15, 0.2) is 0 Å². The van der Waals surface area contributed by atoms with Crippen molar-refractivity contribution in [3.63, 3.8) is 0 Å². The zero-order valence-corrected chi connectivity index (χ0v) is 15.2. The smallest absolute Gasteiger partial charge is 0.0656 e. The number of rotatable bonds is 5. The van der Waals surface area contributed by atoms with Crippen molar-refractivity contribution in [3.8, 4) is 0 Å². The minimum Gasteiger partial charge on any atom is -0.396 e. The second-order valence-electron chi connectivity index (χ2n) is 9.16. The van der Waals surface area contributed by atoms with E-state index in [1.54, 1.807) is 0 Å². The predicted molar refractivity (Wildman–Crippen MR) is 92.6 cm³/mol. The highest BCUT2D eigenvalue weighted by Gasteiger charge is 2.56. The highest BCUT2D eigenvalue weighted by atomic mass is 16.3. The molecule has 0 aromatic carbocycles. The van der Waals surface area contributed by atoms with E-state index in [4.69, 9.17) is 5.11 Å². The molecule has 0 amide bonds. The zero-order chi connectivity index (χ0) is 16.6. The Labute approximate surface area is 137 Å². The second-order valence-corrected chi connectivity index (χ2v) is 9.16. The molecule has 0 aromatic rings.